The molecule has 0 radical (unpaired) electrons. The van der Waals surface area contributed by atoms with E-state index < -0.39 is 0 Å². The molecule has 0 N–H and O–H groups in total. The van der Waals surface area contributed by atoms with Gasteiger partial charge in [0.25, 0.3) is 0 Å². The second-order valence-corrected chi connectivity index (χ2v) is 3.91. The van der Waals surface area contributed by atoms with Gasteiger partial charge in [-0.25, -0.2) is 0 Å². The van der Waals surface area contributed by atoms with Gasteiger partial charge in [0.15, 0.2) is 0 Å². The second kappa shape index (κ2) is 3.87. The molecule has 1 aromatic carbocycles. The topological polar surface area (TPSA) is 9.23 Å². The van der Waals surface area contributed by atoms with Crippen LogP contribution in [-0.4, -0.2) is 7.11 Å². The van der Waals surface area contributed by atoms with Gasteiger partial charge in [0, 0.05) is 5.41 Å². The largest absolute Gasteiger partial charge is 0.505 e. The fourth-order valence-electron chi connectivity index (χ4n) is 2.08. The highest BCUT2D eigenvalue weighted by Gasteiger charge is 2.35. The van der Waals surface area contributed by atoms with Crippen LogP contribution in [0.25, 0.3) is 0 Å². The highest BCUT2D eigenvalue weighted by Crippen LogP contribution is 2.44. The van der Waals surface area contributed by atoms with Crippen LogP contribution in [0.2, 0.25) is 0 Å². The van der Waals surface area contributed by atoms with Gasteiger partial charge < -0.3 is 4.74 Å². The Labute approximate surface area is 85.4 Å². The zero-order valence-electron chi connectivity index (χ0n) is 8.57. The Morgan fingerprint density at radius 3 is 2.43 bits per heavy atom. The molecule has 14 heavy (non-hydrogen) atoms. The molecule has 1 aliphatic carbocycles. The summed E-state index contributed by atoms with van der Waals surface area (Å²) >= 11 is 0. The molecule has 0 aromatic heterocycles. The van der Waals surface area contributed by atoms with E-state index in [4.69, 9.17) is 4.74 Å². The lowest BCUT2D eigenvalue weighted by atomic mass is 9.64. The Balaban J connectivity index is 2.25. The molecule has 0 atom stereocenters. The third-order valence-corrected chi connectivity index (χ3v) is 3.12. The summed E-state index contributed by atoms with van der Waals surface area (Å²) in [5.41, 5.74) is 1.68. The molecule has 0 heterocycles. The molecule has 1 saturated carbocycles. The highest BCUT2D eigenvalue weighted by atomic mass is 16.5. The minimum atomic E-state index is 0.261. The molecule has 1 heteroatoms. The molecule has 74 valence electrons. The van der Waals surface area contributed by atoms with E-state index in [-0.39, 0.29) is 5.41 Å². The van der Waals surface area contributed by atoms with Gasteiger partial charge in [-0.2, -0.15) is 0 Å². The zero-order valence-corrected chi connectivity index (χ0v) is 8.57. The Morgan fingerprint density at radius 1 is 1.21 bits per heavy atom. The van der Waals surface area contributed by atoms with Crippen LogP contribution in [0, 0.1) is 0 Å². The third kappa shape index (κ3) is 1.54. The molecule has 0 spiro atoms. The minimum absolute atomic E-state index is 0.261. The fraction of sp³-hybridized carbons (Fsp3) is 0.385. The van der Waals surface area contributed by atoms with E-state index in [1.807, 2.05) is 6.26 Å². The molecular formula is C13H16O. The molecule has 0 bridgehead atoms. The van der Waals surface area contributed by atoms with Crippen molar-refractivity contribution in [3.05, 3.63) is 48.2 Å². The quantitative estimate of drug-likeness (QED) is 0.661. The van der Waals surface area contributed by atoms with Crippen molar-refractivity contribution < 1.29 is 4.74 Å². The van der Waals surface area contributed by atoms with Crippen molar-refractivity contribution in [3.8, 4) is 0 Å². The summed E-state index contributed by atoms with van der Waals surface area (Å²) < 4.78 is 5.01. The lowest BCUT2D eigenvalue weighted by Crippen LogP contribution is -2.31. The van der Waals surface area contributed by atoms with Crippen LogP contribution in [-0.2, 0) is 10.2 Å². The van der Waals surface area contributed by atoms with Crippen LogP contribution in [0.1, 0.15) is 24.8 Å². The zero-order chi connectivity index (χ0) is 9.86. The minimum Gasteiger partial charge on any atom is -0.505 e. The maximum Gasteiger partial charge on any atom is 0.0793 e. The van der Waals surface area contributed by atoms with E-state index in [1.54, 1.807) is 7.11 Å². The molecule has 1 aromatic rings. The highest BCUT2D eigenvalue weighted by molar-refractivity contribution is 5.33. The van der Waals surface area contributed by atoms with Gasteiger partial charge in [0.2, 0.25) is 0 Å². The molecule has 2 rings (SSSR count). The van der Waals surface area contributed by atoms with E-state index in [2.05, 4.69) is 36.4 Å². The van der Waals surface area contributed by atoms with Gasteiger partial charge in [0.05, 0.1) is 13.4 Å². The number of methoxy groups -OCH3 is 1. The van der Waals surface area contributed by atoms with Crippen LogP contribution in [0.5, 0.6) is 0 Å². The predicted octanol–water partition coefficient (Wildman–Crippen LogP) is 3.27. The first-order chi connectivity index (χ1) is 6.87. The summed E-state index contributed by atoms with van der Waals surface area (Å²) in [7, 11) is 1.70. The van der Waals surface area contributed by atoms with E-state index in [0.717, 1.165) is 0 Å². The van der Waals surface area contributed by atoms with Gasteiger partial charge in [-0.3, -0.25) is 0 Å². The number of hydrogen-bond donors (Lipinski definition) is 0. The Bertz CT molecular complexity index is 309. The standard InChI is InChI=1S/C13H16O/c1-14-11-10-13(8-5-9-13)12-6-3-2-4-7-12/h2-4,6-7,10-11H,5,8-9H2,1H3/b11-10+. The molecule has 0 aliphatic heterocycles. The van der Waals surface area contributed by atoms with Crippen molar-refractivity contribution >= 4 is 0 Å². The van der Waals surface area contributed by atoms with Gasteiger partial charge in [-0.05, 0) is 24.5 Å². The lowest BCUT2D eigenvalue weighted by molar-refractivity contribution is 0.288. The molecule has 0 unspecified atom stereocenters. The number of ether oxygens (including phenoxy) is 1. The first-order valence-electron chi connectivity index (χ1n) is 5.13. The van der Waals surface area contributed by atoms with Crippen molar-refractivity contribution in [2.45, 2.75) is 24.7 Å². The lowest BCUT2D eigenvalue weighted by Gasteiger charge is -2.39. The summed E-state index contributed by atoms with van der Waals surface area (Å²) in [6, 6.07) is 10.7. The van der Waals surface area contributed by atoms with Crippen LogP contribution in [0.15, 0.2) is 42.7 Å². The van der Waals surface area contributed by atoms with E-state index in [0.29, 0.717) is 0 Å². The first-order valence-corrected chi connectivity index (χ1v) is 5.13. The summed E-state index contributed by atoms with van der Waals surface area (Å²) in [6.07, 6.45) is 7.83. The summed E-state index contributed by atoms with van der Waals surface area (Å²) in [5.74, 6) is 0. The Hall–Kier alpha value is -1.24. The van der Waals surface area contributed by atoms with Gasteiger partial charge in [-0.1, -0.05) is 36.8 Å². The molecular weight excluding hydrogens is 172 g/mol. The second-order valence-electron chi connectivity index (χ2n) is 3.91. The SMILES string of the molecule is CO/C=C/C1(c2ccccc2)CCC1. The average molecular weight is 188 g/mol. The Morgan fingerprint density at radius 2 is 1.93 bits per heavy atom. The number of rotatable bonds is 3. The Kier molecular flexibility index (Phi) is 2.58. The number of hydrogen-bond acceptors (Lipinski definition) is 1. The molecule has 0 saturated heterocycles. The predicted molar refractivity (Wildman–Crippen MR) is 58.1 cm³/mol. The number of benzene rings is 1. The normalized spacial score (nSPS) is 19.2. The van der Waals surface area contributed by atoms with Crippen LogP contribution < -0.4 is 0 Å². The van der Waals surface area contributed by atoms with Crippen molar-refractivity contribution in [3.63, 3.8) is 0 Å². The summed E-state index contributed by atoms with van der Waals surface area (Å²) in [5, 5.41) is 0. The third-order valence-electron chi connectivity index (χ3n) is 3.12. The van der Waals surface area contributed by atoms with Crippen molar-refractivity contribution in [1.82, 2.24) is 0 Å². The maximum atomic E-state index is 5.01. The number of allylic oxidation sites excluding steroid dienone is 1. The fourth-order valence-corrected chi connectivity index (χ4v) is 2.08. The van der Waals surface area contributed by atoms with Crippen molar-refractivity contribution in [1.29, 1.82) is 0 Å². The molecule has 0 amide bonds. The molecule has 1 fully saturated rings. The van der Waals surface area contributed by atoms with Crippen molar-refractivity contribution in [2.24, 2.45) is 0 Å². The van der Waals surface area contributed by atoms with Gasteiger partial charge in [-0.15, -0.1) is 0 Å². The van der Waals surface area contributed by atoms with E-state index in [1.165, 1.54) is 24.8 Å². The van der Waals surface area contributed by atoms with Gasteiger partial charge in [0.1, 0.15) is 0 Å². The summed E-state index contributed by atoms with van der Waals surface area (Å²) in [6.45, 7) is 0. The maximum absolute atomic E-state index is 5.01. The molecule has 1 aliphatic rings. The van der Waals surface area contributed by atoms with E-state index in [9.17, 15) is 0 Å². The van der Waals surface area contributed by atoms with Crippen LogP contribution in [0.3, 0.4) is 0 Å². The smallest absolute Gasteiger partial charge is 0.0793 e. The summed E-state index contributed by atoms with van der Waals surface area (Å²) in [4.78, 5) is 0. The van der Waals surface area contributed by atoms with E-state index >= 15 is 0 Å². The monoisotopic (exact) mass is 188 g/mol. The first kappa shape index (κ1) is 9.32. The molecule has 1 nitrogen and oxygen atoms in total. The average Bonchev–Trinajstić information content (AvgIpc) is 2.18. The van der Waals surface area contributed by atoms with Crippen molar-refractivity contribution in [2.75, 3.05) is 7.11 Å². The van der Waals surface area contributed by atoms with Gasteiger partial charge >= 0.3 is 0 Å². The van der Waals surface area contributed by atoms with Crippen LogP contribution >= 0.6 is 0 Å². The van der Waals surface area contributed by atoms with Crippen LogP contribution in [0.4, 0.5) is 0 Å².